The second-order valence-electron chi connectivity index (χ2n) is 10.1. The van der Waals surface area contributed by atoms with Crippen LogP contribution in [0.1, 0.15) is 79.7 Å². The van der Waals surface area contributed by atoms with Crippen LogP contribution in [0.4, 0.5) is 0 Å². The summed E-state index contributed by atoms with van der Waals surface area (Å²) in [7, 11) is 0. The number of aliphatic hydroxyl groups excluding tert-OH is 1. The van der Waals surface area contributed by atoms with E-state index in [0.29, 0.717) is 36.4 Å². The van der Waals surface area contributed by atoms with E-state index >= 15 is 0 Å². The van der Waals surface area contributed by atoms with Crippen LogP contribution in [0, 0.1) is 18.3 Å². The molecule has 2 aromatic carbocycles. The summed E-state index contributed by atoms with van der Waals surface area (Å²) in [4.78, 5) is 18.8. The van der Waals surface area contributed by atoms with Gasteiger partial charge in [0.1, 0.15) is 5.82 Å². The van der Waals surface area contributed by atoms with Crippen molar-refractivity contribution in [1.82, 2.24) is 19.2 Å². The van der Waals surface area contributed by atoms with E-state index in [4.69, 9.17) is 5.10 Å². The number of hydrogen-bond donors (Lipinski definition) is 1. The number of aliphatic hydroxyl groups is 1. The first-order valence-electron chi connectivity index (χ1n) is 13.3. The first-order chi connectivity index (χ1) is 18.0. The van der Waals surface area contributed by atoms with Gasteiger partial charge in [-0.2, -0.15) is 15.3 Å². The number of hydrogen-bond acceptors (Lipinski definition) is 5. The Morgan fingerprint density at radius 1 is 1.08 bits per heavy atom. The number of aromatic nitrogens is 4. The minimum atomic E-state index is -0.296. The first kappa shape index (κ1) is 24.9. The lowest BCUT2D eigenvalue weighted by Gasteiger charge is -2.28. The lowest BCUT2D eigenvalue weighted by Crippen LogP contribution is -2.34. The molecule has 0 radical (unpaired) electrons. The summed E-state index contributed by atoms with van der Waals surface area (Å²) in [5.74, 6) is 1.27. The van der Waals surface area contributed by atoms with Crippen LogP contribution in [0.25, 0.3) is 16.9 Å². The molecule has 0 unspecified atom stereocenters. The maximum atomic E-state index is 14.1. The highest BCUT2D eigenvalue weighted by molar-refractivity contribution is 5.70. The van der Waals surface area contributed by atoms with Crippen molar-refractivity contribution >= 4 is 5.78 Å². The SMILES string of the molecule is CCCCc1c(Cc2ccc(-c3ccccc3C#N)cc2)c(=O)n([C@H]2CC[C@H](O)CC2)c2nc(C)nn12. The summed E-state index contributed by atoms with van der Waals surface area (Å²) in [6.45, 7) is 4.02. The van der Waals surface area contributed by atoms with E-state index in [2.05, 4.69) is 18.0 Å². The largest absolute Gasteiger partial charge is 0.393 e. The van der Waals surface area contributed by atoms with Gasteiger partial charge in [0.05, 0.1) is 23.4 Å². The van der Waals surface area contributed by atoms with Crippen LogP contribution in [0.15, 0.2) is 53.3 Å². The van der Waals surface area contributed by atoms with Crippen molar-refractivity contribution in [3.63, 3.8) is 0 Å². The Labute approximate surface area is 217 Å². The third-order valence-corrected chi connectivity index (χ3v) is 7.48. The van der Waals surface area contributed by atoms with Gasteiger partial charge in [0.15, 0.2) is 0 Å². The minimum Gasteiger partial charge on any atom is -0.393 e. The predicted molar refractivity (Wildman–Crippen MR) is 144 cm³/mol. The summed E-state index contributed by atoms with van der Waals surface area (Å²) in [6, 6.07) is 18.0. The molecule has 1 N–H and O–H groups in total. The van der Waals surface area contributed by atoms with Crippen molar-refractivity contribution in [3.8, 4) is 17.2 Å². The Bertz CT molecular complexity index is 1500. The van der Waals surface area contributed by atoms with Crippen molar-refractivity contribution < 1.29 is 5.11 Å². The fourth-order valence-corrected chi connectivity index (χ4v) is 5.49. The number of unbranched alkanes of at least 4 members (excludes halogenated alkanes) is 1. The van der Waals surface area contributed by atoms with Crippen LogP contribution in [-0.4, -0.2) is 30.4 Å². The van der Waals surface area contributed by atoms with Gasteiger partial charge in [0.25, 0.3) is 5.56 Å². The van der Waals surface area contributed by atoms with Crippen molar-refractivity contribution in [3.05, 3.63) is 87.1 Å². The molecule has 5 rings (SSSR count). The third kappa shape index (κ3) is 4.94. The average molecular weight is 496 g/mol. The highest BCUT2D eigenvalue weighted by Crippen LogP contribution is 2.30. The van der Waals surface area contributed by atoms with Gasteiger partial charge in [-0.05, 0) is 68.2 Å². The first-order valence-corrected chi connectivity index (χ1v) is 13.3. The number of nitriles is 1. The number of fused-ring (bicyclic) bond motifs is 1. The monoisotopic (exact) mass is 495 g/mol. The maximum Gasteiger partial charge on any atom is 0.259 e. The zero-order valence-electron chi connectivity index (χ0n) is 21.5. The van der Waals surface area contributed by atoms with E-state index < -0.39 is 0 Å². The van der Waals surface area contributed by atoms with Gasteiger partial charge in [0.2, 0.25) is 5.78 Å². The summed E-state index contributed by atoms with van der Waals surface area (Å²) >= 11 is 0. The van der Waals surface area contributed by atoms with Crippen LogP contribution in [0.2, 0.25) is 0 Å². The second kappa shape index (κ2) is 10.7. The normalized spacial score (nSPS) is 17.7. The highest BCUT2D eigenvalue weighted by atomic mass is 16.3. The van der Waals surface area contributed by atoms with E-state index in [1.165, 1.54) is 0 Å². The molecule has 1 aliphatic rings. The van der Waals surface area contributed by atoms with Gasteiger partial charge in [-0.25, -0.2) is 4.52 Å². The van der Waals surface area contributed by atoms with E-state index in [1.807, 2.05) is 64.5 Å². The molecule has 37 heavy (non-hydrogen) atoms. The molecule has 7 heteroatoms. The summed E-state index contributed by atoms with van der Waals surface area (Å²) in [6.07, 6.45) is 5.84. The smallest absolute Gasteiger partial charge is 0.259 e. The topological polar surface area (TPSA) is 96.2 Å². The molecule has 0 bridgehead atoms. The number of nitrogens with zero attached hydrogens (tertiary/aromatic N) is 5. The molecular formula is C30H33N5O2. The van der Waals surface area contributed by atoms with Gasteiger partial charge in [-0.3, -0.25) is 9.36 Å². The lowest BCUT2D eigenvalue weighted by atomic mass is 9.92. The van der Waals surface area contributed by atoms with E-state index in [9.17, 15) is 15.2 Å². The summed E-state index contributed by atoms with van der Waals surface area (Å²) in [5.41, 5.74) is 5.27. The van der Waals surface area contributed by atoms with Crippen molar-refractivity contribution in [1.29, 1.82) is 5.26 Å². The van der Waals surface area contributed by atoms with Gasteiger partial charge < -0.3 is 5.11 Å². The minimum absolute atomic E-state index is 0.00540. The average Bonchev–Trinajstić information content (AvgIpc) is 3.30. The molecule has 4 aromatic rings. The molecule has 0 aliphatic heterocycles. The van der Waals surface area contributed by atoms with Crippen LogP contribution >= 0.6 is 0 Å². The Kier molecular flexibility index (Phi) is 7.20. The van der Waals surface area contributed by atoms with E-state index in [1.54, 1.807) is 0 Å². The molecule has 0 atom stereocenters. The van der Waals surface area contributed by atoms with E-state index in [-0.39, 0.29) is 17.7 Å². The molecule has 0 amide bonds. The van der Waals surface area contributed by atoms with Crippen molar-refractivity contribution in [2.45, 2.75) is 77.4 Å². The second-order valence-corrected chi connectivity index (χ2v) is 10.1. The van der Waals surface area contributed by atoms with Crippen LogP contribution in [0.5, 0.6) is 0 Å². The number of aryl methyl sites for hydroxylation is 2. The van der Waals surface area contributed by atoms with Gasteiger partial charge in [0, 0.05) is 18.0 Å². The molecular weight excluding hydrogens is 462 g/mol. The molecule has 1 fully saturated rings. The fourth-order valence-electron chi connectivity index (χ4n) is 5.49. The van der Waals surface area contributed by atoms with Gasteiger partial charge in [-0.15, -0.1) is 0 Å². The molecule has 0 spiro atoms. The molecule has 2 heterocycles. The Hall–Kier alpha value is -3.76. The third-order valence-electron chi connectivity index (χ3n) is 7.48. The predicted octanol–water partition coefficient (Wildman–Crippen LogP) is 5.15. The fraction of sp³-hybridized carbons (Fsp3) is 0.400. The zero-order chi connectivity index (χ0) is 25.9. The zero-order valence-corrected chi connectivity index (χ0v) is 21.5. The van der Waals surface area contributed by atoms with Crippen molar-refractivity contribution in [2.24, 2.45) is 0 Å². The Morgan fingerprint density at radius 3 is 2.51 bits per heavy atom. The van der Waals surface area contributed by atoms with Crippen LogP contribution < -0.4 is 5.56 Å². The molecule has 1 aliphatic carbocycles. The highest BCUT2D eigenvalue weighted by Gasteiger charge is 2.27. The summed E-state index contributed by atoms with van der Waals surface area (Å²) < 4.78 is 3.73. The molecule has 2 aromatic heterocycles. The Balaban J connectivity index is 1.59. The summed E-state index contributed by atoms with van der Waals surface area (Å²) in [5, 5.41) is 24.3. The number of benzene rings is 2. The number of rotatable bonds is 7. The van der Waals surface area contributed by atoms with E-state index in [0.717, 1.165) is 60.1 Å². The van der Waals surface area contributed by atoms with Crippen LogP contribution in [-0.2, 0) is 12.8 Å². The molecule has 190 valence electrons. The quantitative estimate of drug-likeness (QED) is 0.383. The lowest BCUT2D eigenvalue weighted by molar-refractivity contribution is 0.110. The molecule has 1 saturated carbocycles. The van der Waals surface area contributed by atoms with Gasteiger partial charge in [-0.1, -0.05) is 55.8 Å². The van der Waals surface area contributed by atoms with Crippen LogP contribution in [0.3, 0.4) is 0 Å². The standard InChI is InChI=1S/C30H33N5O2/c1-3-4-9-28-27(18-21-10-12-22(13-11-21)26-8-6-5-7-23(26)19-31)29(37)34(24-14-16-25(36)17-15-24)30-32-20(2)33-35(28)30/h5-8,10-13,24-25,36H,3-4,9,14-18H2,1-2H3/t24-,25-. The van der Waals surface area contributed by atoms with Crippen molar-refractivity contribution in [2.75, 3.05) is 0 Å². The Morgan fingerprint density at radius 2 is 1.81 bits per heavy atom. The molecule has 0 saturated heterocycles. The molecule has 7 nitrogen and oxygen atoms in total. The maximum absolute atomic E-state index is 14.1. The van der Waals surface area contributed by atoms with Gasteiger partial charge >= 0.3 is 0 Å².